The molecule has 0 radical (unpaired) electrons. The number of nitrogens with one attached hydrogen (secondary N) is 1. The van der Waals surface area contributed by atoms with Crippen LogP contribution >= 0.6 is 11.5 Å². The van der Waals surface area contributed by atoms with Crippen molar-refractivity contribution in [2.75, 3.05) is 64.5 Å². The summed E-state index contributed by atoms with van der Waals surface area (Å²) < 4.78 is 15.2. The number of benzene rings is 1. The molecule has 1 N–H and O–H groups in total. The number of methoxy groups -OCH3 is 1. The minimum Gasteiger partial charge on any atom is -0.497 e. The van der Waals surface area contributed by atoms with E-state index in [1.165, 1.54) is 11.5 Å². The predicted molar refractivity (Wildman–Crippen MR) is 126 cm³/mol. The van der Waals surface area contributed by atoms with Crippen LogP contribution in [0.3, 0.4) is 0 Å². The van der Waals surface area contributed by atoms with E-state index in [0.717, 1.165) is 94.0 Å². The molecule has 0 bridgehead atoms. The fourth-order valence-corrected chi connectivity index (χ4v) is 4.96. The van der Waals surface area contributed by atoms with Crippen molar-refractivity contribution in [2.45, 2.75) is 25.7 Å². The highest BCUT2D eigenvalue weighted by Crippen LogP contribution is 2.26. The van der Waals surface area contributed by atoms with Crippen LogP contribution < -0.4 is 15.0 Å². The van der Waals surface area contributed by atoms with Gasteiger partial charge in [-0.2, -0.15) is 4.37 Å². The van der Waals surface area contributed by atoms with E-state index in [9.17, 15) is 4.79 Å². The van der Waals surface area contributed by atoms with Gasteiger partial charge in [0.2, 0.25) is 11.0 Å². The molecule has 2 aromatic rings. The smallest absolute Gasteiger partial charge is 0.223 e. The minimum absolute atomic E-state index is 0.0961. The minimum atomic E-state index is 0.0961. The lowest BCUT2D eigenvalue weighted by molar-refractivity contribution is -0.125. The van der Waals surface area contributed by atoms with Gasteiger partial charge in [-0.3, -0.25) is 9.69 Å². The third-order valence-corrected chi connectivity index (χ3v) is 6.96. The largest absolute Gasteiger partial charge is 0.497 e. The molecule has 0 spiro atoms. The Kier molecular flexibility index (Phi) is 8.30. The average molecular weight is 460 g/mol. The fourth-order valence-electron chi connectivity index (χ4n) is 4.23. The summed E-state index contributed by atoms with van der Waals surface area (Å²) in [5.74, 6) is 1.97. The van der Waals surface area contributed by atoms with Crippen molar-refractivity contribution in [1.29, 1.82) is 0 Å². The van der Waals surface area contributed by atoms with Gasteiger partial charge in [-0.05, 0) is 43.5 Å². The highest BCUT2D eigenvalue weighted by molar-refractivity contribution is 7.09. The molecule has 2 fully saturated rings. The monoisotopic (exact) mass is 459 g/mol. The lowest BCUT2D eigenvalue weighted by Crippen LogP contribution is -2.42. The lowest BCUT2D eigenvalue weighted by atomic mass is 9.96. The maximum Gasteiger partial charge on any atom is 0.223 e. The molecule has 0 atom stereocenters. The van der Waals surface area contributed by atoms with E-state index >= 15 is 0 Å². The van der Waals surface area contributed by atoms with Crippen LogP contribution in [-0.2, 0) is 16.0 Å². The molecule has 32 heavy (non-hydrogen) atoms. The second kappa shape index (κ2) is 11.6. The van der Waals surface area contributed by atoms with Gasteiger partial charge in [-0.15, -0.1) is 0 Å². The van der Waals surface area contributed by atoms with Gasteiger partial charge in [0.15, 0.2) is 0 Å². The lowest BCUT2D eigenvalue weighted by Gasteiger charge is -2.31. The van der Waals surface area contributed by atoms with Crippen LogP contribution in [0.2, 0.25) is 0 Å². The Morgan fingerprint density at radius 3 is 2.84 bits per heavy atom. The molecule has 1 amide bonds. The molecule has 2 aliphatic heterocycles. The first-order chi connectivity index (χ1) is 15.7. The zero-order valence-electron chi connectivity index (χ0n) is 18.8. The molecular weight excluding hydrogens is 426 g/mol. The summed E-state index contributed by atoms with van der Waals surface area (Å²) in [6.07, 6.45) is 3.41. The molecule has 8 nitrogen and oxygen atoms in total. The molecule has 4 rings (SSSR count). The first kappa shape index (κ1) is 22.9. The maximum atomic E-state index is 12.6. The number of hydrogen-bond donors (Lipinski definition) is 1. The van der Waals surface area contributed by atoms with Crippen molar-refractivity contribution in [3.8, 4) is 5.75 Å². The zero-order valence-corrected chi connectivity index (χ0v) is 19.6. The Morgan fingerprint density at radius 1 is 1.25 bits per heavy atom. The van der Waals surface area contributed by atoms with Gasteiger partial charge in [0.05, 0.1) is 20.3 Å². The van der Waals surface area contributed by atoms with Gasteiger partial charge in [0.1, 0.15) is 11.6 Å². The molecule has 174 valence electrons. The Morgan fingerprint density at radius 2 is 2.06 bits per heavy atom. The number of carbonyl (C=O) groups excluding carboxylic acids is 1. The van der Waals surface area contributed by atoms with Gasteiger partial charge in [0, 0.05) is 56.6 Å². The van der Waals surface area contributed by atoms with Crippen LogP contribution in [0, 0.1) is 5.92 Å². The third-order valence-electron chi connectivity index (χ3n) is 6.14. The summed E-state index contributed by atoms with van der Waals surface area (Å²) in [5.41, 5.74) is 1.14. The molecule has 0 unspecified atom stereocenters. The predicted octanol–water partition coefficient (Wildman–Crippen LogP) is 2.19. The standard InChI is InChI=1S/C23H33N5O3S/c1-30-20-5-2-4-18(16-20)17-21-25-23(32-26-21)28-10-6-19(7-11-28)22(29)24-8-3-9-27-12-14-31-15-13-27/h2,4-5,16,19H,3,6-15,17H2,1H3,(H,24,29). The Labute approximate surface area is 194 Å². The van der Waals surface area contributed by atoms with Crippen molar-refractivity contribution in [2.24, 2.45) is 5.92 Å². The third kappa shape index (κ3) is 6.40. The molecule has 2 aliphatic rings. The van der Waals surface area contributed by atoms with Crippen LogP contribution in [0.5, 0.6) is 5.75 Å². The quantitative estimate of drug-likeness (QED) is 0.576. The topological polar surface area (TPSA) is 79.8 Å². The number of carbonyl (C=O) groups is 1. The van der Waals surface area contributed by atoms with Crippen LogP contribution in [-0.4, -0.2) is 79.8 Å². The molecule has 2 saturated heterocycles. The summed E-state index contributed by atoms with van der Waals surface area (Å²) in [6, 6.07) is 8.01. The summed E-state index contributed by atoms with van der Waals surface area (Å²) in [7, 11) is 1.67. The first-order valence-electron chi connectivity index (χ1n) is 11.5. The van der Waals surface area contributed by atoms with Crippen molar-refractivity contribution in [3.63, 3.8) is 0 Å². The maximum absolute atomic E-state index is 12.6. The highest BCUT2D eigenvalue weighted by Gasteiger charge is 2.26. The Bertz CT molecular complexity index is 863. The molecule has 9 heteroatoms. The normalized spacial score (nSPS) is 18.0. The number of rotatable bonds is 9. The number of ether oxygens (including phenoxy) is 2. The number of aromatic nitrogens is 2. The Balaban J connectivity index is 1.18. The summed E-state index contributed by atoms with van der Waals surface area (Å²) >= 11 is 1.44. The summed E-state index contributed by atoms with van der Waals surface area (Å²) in [4.78, 5) is 22.0. The SMILES string of the molecule is COc1cccc(Cc2nsc(N3CCC(C(=O)NCCCN4CCOCC4)CC3)n2)c1. The molecule has 3 heterocycles. The second-order valence-electron chi connectivity index (χ2n) is 8.38. The van der Waals surface area contributed by atoms with Crippen LogP contribution in [0.1, 0.15) is 30.7 Å². The Hall–Kier alpha value is -2.23. The number of piperidine rings is 1. The molecular formula is C23H33N5O3S. The molecule has 1 aromatic carbocycles. The van der Waals surface area contributed by atoms with Gasteiger partial charge < -0.3 is 19.7 Å². The van der Waals surface area contributed by atoms with Crippen molar-refractivity contribution in [3.05, 3.63) is 35.7 Å². The highest BCUT2D eigenvalue weighted by atomic mass is 32.1. The average Bonchev–Trinajstić information content (AvgIpc) is 3.31. The summed E-state index contributed by atoms with van der Waals surface area (Å²) in [5, 5.41) is 4.09. The van der Waals surface area contributed by atoms with E-state index in [0.29, 0.717) is 6.42 Å². The first-order valence-corrected chi connectivity index (χ1v) is 12.3. The van der Waals surface area contributed by atoms with E-state index in [-0.39, 0.29) is 11.8 Å². The van der Waals surface area contributed by atoms with E-state index in [1.807, 2.05) is 18.2 Å². The number of hydrogen-bond acceptors (Lipinski definition) is 8. The molecule has 1 aromatic heterocycles. The van der Waals surface area contributed by atoms with Crippen molar-refractivity contribution >= 4 is 22.6 Å². The van der Waals surface area contributed by atoms with Crippen LogP contribution in [0.25, 0.3) is 0 Å². The van der Waals surface area contributed by atoms with Gasteiger partial charge in [0.25, 0.3) is 0 Å². The van der Waals surface area contributed by atoms with E-state index in [1.54, 1.807) is 7.11 Å². The van der Waals surface area contributed by atoms with Crippen LogP contribution in [0.15, 0.2) is 24.3 Å². The van der Waals surface area contributed by atoms with E-state index in [2.05, 4.69) is 25.6 Å². The second-order valence-corrected chi connectivity index (χ2v) is 9.11. The van der Waals surface area contributed by atoms with Crippen LogP contribution in [0.4, 0.5) is 5.13 Å². The number of morpholine rings is 1. The van der Waals surface area contributed by atoms with Crippen molar-refractivity contribution in [1.82, 2.24) is 19.6 Å². The fraction of sp³-hybridized carbons (Fsp3) is 0.609. The summed E-state index contributed by atoms with van der Waals surface area (Å²) in [6.45, 7) is 7.11. The number of amides is 1. The van der Waals surface area contributed by atoms with Crippen molar-refractivity contribution < 1.29 is 14.3 Å². The van der Waals surface area contributed by atoms with E-state index < -0.39 is 0 Å². The molecule has 0 aliphatic carbocycles. The van der Waals surface area contributed by atoms with E-state index in [4.69, 9.17) is 14.5 Å². The van der Waals surface area contributed by atoms with Gasteiger partial charge in [-0.1, -0.05) is 12.1 Å². The number of anilines is 1. The number of nitrogens with zero attached hydrogens (tertiary/aromatic N) is 4. The zero-order chi connectivity index (χ0) is 22.2. The molecule has 0 saturated carbocycles. The van der Waals surface area contributed by atoms with Gasteiger partial charge in [-0.25, -0.2) is 4.98 Å². The van der Waals surface area contributed by atoms with Gasteiger partial charge >= 0.3 is 0 Å².